The maximum absolute atomic E-state index is 11.0. The van der Waals surface area contributed by atoms with Gasteiger partial charge in [-0.05, 0) is 19.3 Å². The summed E-state index contributed by atoms with van der Waals surface area (Å²) in [5, 5.41) is 2.85. The van der Waals surface area contributed by atoms with E-state index in [1.54, 1.807) is 0 Å². The van der Waals surface area contributed by atoms with E-state index in [2.05, 4.69) is 5.32 Å². The second kappa shape index (κ2) is 5.01. The fourth-order valence-corrected chi connectivity index (χ4v) is 1.47. The quantitative estimate of drug-likeness (QED) is 0.706. The Hall–Kier alpha value is -0.730. The van der Waals surface area contributed by atoms with Crippen molar-refractivity contribution in [2.45, 2.75) is 45.1 Å². The summed E-state index contributed by atoms with van der Waals surface area (Å²) in [5.41, 5.74) is 0. The van der Waals surface area contributed by atoms with E-state index in [9.17, 15) is 4.79 Å². The molecule has 1 fully saturated rings. The zero-order valence-corrected chi connectivity index (χ0v) is 7.64. The van der Waals surface area contributed by atoms with Crippen LogP contribution in [0.3, 0.4) is 0 Å². The standard InChI is InChI=1S/C9H17NO2/c1-2-7-12-9(11)10-8-5-3-4-6-8/h8H,2-7H2,1H3,(H,10,11). The number of hydrogen-bond acceptors (Lipinski definition) is 2. The zero-order valence-electron chi connectivity index (χ0n) is 7.64. The van der Waals surface area contributed by atoms with Crippen molar-refractivity contribution < 1.29 is 9.53 Å². The Balaban J connectivity index is 2.08. The molecular formula is C9H17NO2. The predicted molar refractivity (Wildman–Crippen MR) is 47.0 cm³/mol. The molecule has 0 aliphatic heterocycles. The zero-order chi connectivity index (χ0) is 8.81. The maximum atomic E-state index is 11.0. The van der Waals surface area contributed by atoms with E-state index in [0.717, 1.165) is 19.3 Å². The third-order valence-electron chi connectivity index (χ3n) is 2.11. The monoisotopic (exact) mass is 171 g/mol. The van der Waals surface area contributed by atoms with Crippen LogP contribution in [0.25, 0.3) is 0 Å². The molecule has 1 aliphatic rings. The number of carbonyl (C=O) groups excluding carboxylic acids is 1. The van der Waals surface area contributed by atoms with Crippen LogP contribution in [-0.2, 0) is 4.74 Å². The smallest absolute Gasteiger partial charge is 0.407 e. The molecule has 1 rings (SSSR count). The summed E-state index contributed by atoms with van der Waals surface area (Å²) in [6, 6.07) is 0.370. The van der Waals surface area contributed by atoms with Crippen molar-refractivity contribution in [3.63, 3.8) is 0 Å². The second-order valence-electron chi connectivity index (χ2n) is 3.26. The van der Waals surface area contributed by atoms with Crippen LogP contribution in [0.4, 0.5) is 4.79 Å². The van der Waals surface area contributed by atoms with E-state index >= 15 is 0 Å². The van der Waals surface area contributed by atoms with Gasteiger partial charge in [-0.15, -0.1) is 0 Å². The summed E-state index contributed by atoms with van der Waals surface area (Å²) < 4.78 is 4.90. The highest BCUT2D eigenvalue weighted by atomic mass is 16.5. The van der Waals surface area contributed by atoms with Crippen molar-refractivity contribution in [2.24, 2.45) is 0 Å². The number of alkyl carbamates (subject to hydrolysis) is 1. The van der Waals surface area contributed by atoms with E-state index < -0.39 is 0 Å². The lowest BCUT2D eigenvalue weighted by Crippen LogP contribution is -2.33. The van der Waals surface area contributed by atoms with Crippen LogP contribution in [0.1, 0.15) is 39.0 Å². The highest BCUT2D eigenvalue weighted by molar-refractivity contribution is 5.67. The number of ether oxygens (including phenoxy) is 1. The number of rotatable bonds is 3. The van der Waals surface area contributed by atoms with Crippen LogP contribution >= 0.6 is 0 Å². The van der Waals surface area contributed by atoms with E-state index in [0.29, 0.717) is 12.6 Å². The molecule has 1 saturated carbocycles. The van der Waals surface area contributed by atoms with Crippen molar-refractivity contribution in [1.29, 1.82) is 0 Å². The minimum absolute atomic E-state index is 0.247. The molecule has 0 radical (unpaired) electrons. The third kappa shape index (κ3) is 3.11. The Morgan fingerprint density at radius 2 is 2.17 bits per heavy atom. The Kier molecular flexibility index (Phi) is 3.91. The van der Waals surface area contributed by atoms with Crippen molar-refractivity contribution >= 4 is 6.09 Å². The van der Waals surface area contributed by atoms with Gasteiger partial charge < -0.3 is 10.1 Å². The van der Waals surface area contributed by atoms with E-state index in [1.165, 1.54) is 12.8 Å². The molecule has 0 aromatic carbocycles. The summed E-state index contributed by atoms with van der Waals surface area (Å²) in [4.78, 5) is 11.0. The molecule has 0 spiro atoms. The van der Waals surface area contributed by atoms with Crippen LogP contribution in [0.15, 0.2) is 0 Å². The van der Waals surface area contributed by atoms with Gasteiger partial charge in [0.1, 0.15) is 0 Å². The molecule has 70 valence electrons. The van der Waals surface area contributed by atoms with Crippen LogP contribution < -0.4 is 5.32 Å². The lowest BCUT2D eigenvalue weighted by molar-refractivity contribution is 0.142. The van der Waals surface area contributed by atoms with E-state index in [1.807, 2.05) is 6.92 Å². The van der Waals surface area contributed by atoms with Crippen molar-refractivity contribution in [1.82, 2.24) is 5.32 Å². The molecule has 3 heteroatoms. The summed E-state index contributed by atoms with van der Waals surface area (Å²) in [6.07, 6.45) is 5.33. The Labute approximate surface area is 73.5 Å². The van der Waals surface area contributed by atoms with Crippen LogP contribution in [0.5, 0.6) is 0 Å². The average molecular weight is 171 g/mol. The van der Waals surface area contributed by atoms with Gasteiger partial charge in [0.05, 0.1) is 6.61 Å². The topological polar surface area (TPSA) is 38.3 Å². The van der Waals surface area contributed by atoms with Crippen LogP contribution in [-0.4, -0.2) is 18.7 Å². The molecule has 0 heterocycles. The normalized spacial score (nSPS) is 17.8. The fourth-order valence-electron chi connectivity index (χ4n) is 1.47. The number of nitrogens with one attached hydrogen (secondary N) is 1. The highest BCUT2D eigenvalue weighted by Crippen LogP contribution is 2.17. The van der Waals surface area contributed by atoms with E-state index in [-0.39, 0.29) is 6.09 Å². The number of hydrogen-bond donors (Lipinski definition) is 1. The summed E-state index contributed by atoms with van der Waals surface area (Å²) in [7, 11) is 0. The van der Waals surface area contributed by atoms with Crippen LogP contribution in [0, 0.1) is 0 Å². The first kappa shape index (κ1) is 9.36. The minimum atomic E-state index is -0.247. The molecular weight excluding hydrogens is 154 g/mol. The van der Waals surface area contributed by atoms with Gasteiger partial charge in [0, 0.05) is 6.04 Å². The molecule has 3 nitrogen and oxygen atoms in total. The Bertz CT molecular complexity index is 141. The molecule has 1 N–H and O–H groups in total. The second-order valence-corrected chi connectivity index (χ2v) is 3.26. The number of amides is 1. The maximum Gasteiger partial charge on any atom is 0.407 e. The lowest BCUT2D eigenvalue weighted by atomic mass is 10.3. The minimum Gasteiger partial charge on any atom is -0.450 e. The van der Waals surface area contributed by atoms with Gasteiger partial charge in [0.25, 0.3) is 0 Å². The van der Waals surface area contributed by atoms with Gasteiger partial charge >= 0.3 is 6.09 Å². The van der Waals surface area contributed by atoms with E-state index in [4.69, 9.17) is 4.74 Å². The summed E-state index contributed by atoms with van der Waals surface area (Å²) in [5.74, 6) is 0. The van der Waals surface area contributed by atoms with Crippen molar-refractivity contribution in [3.8, 4) is 0 Å². The summed E-state index contributed by atoms with van der Waals surface area (Å²) >= 11 is 0. The predicted octanol–water partition coefficient (Wildman–Crippen LogP) is 2.07. The molecule has 1 aliphatic carbocycles. The van der Waals surface area contributed by atoms with Crippen LogP contribution in [0.2, 0.25) is 0 Å². The third-order valence-corrected chi connectivity index (χ3v) is 2.11. The molecule has 0 aromatic heterocycles. The van der Waals surface area contributed by atoms with Crippen molar-refractivity contribution in [3.05, 3.63) is 0 Å². The highest BCUT2D eigenvalue weighted by Gasteiger charge is 2.17. The summed E-state index contributed by atoms with van der Waals surface area (Å²) in [6.45, 7) is 2.52. The van der Waals surface area contributed by atoms with Gasteiger partial charge in [-0.2, -0.15) is 0 Å². The molecule has 0 saturated heterocycles. The molecule has 0 atom stereocenters. The van der Waals surface area contributed by atoms with Gasteiger partial charge in [0.2, 0.25) is 0 Å². The van der Waals surface area contributed by atoms with Gasteiger partial charge in [-0.25, -0.2) is 4.79 Å². The first-order valence-electron chi connectivity index (χ1n) is 4.76. The average Bonchev–Trinajstić information content (AvgIpc) is 2.53. The number of carbonyl (C=O) groups is 1. The van der Waals surface area contributed by atoms with Crippen molar-refractivity contribution in [2.75, 3.05) is 6.61 Å². The fraction of sp³-hybridized carbons (Fsp3) is 0.889. The first-order chi connectivity index (χ1) is 5.83. The molecule has 0 aromatic rings. The Morgan fingerprint density at radius 3 is 2.75 bits per heavy atom. The van der Waals surface area contributed by atoms with Gasteiger partial charge in [-0.1, -0.05) is 19.8 Å². The SMILES string of the molecule is CCCOC(=O)NC1CCCC1. The molecule has 1 amide bonds. The van der Waals surface area contributed by atoms with Gasteiger partial charge in [0.15, 0.2) is 0 Å². The first-order valence-corrected chi connectivity index (χ1v) is 4.76. The largest absolute Gasteiger partial charge is 0.450 e. The van der Waals surface area contributed by atoms with Gasteiger partial charge in [-0.3, -0.25) is 0 Å². The molecule has 0 bridgehead atoms. The Morgan fingerprint density at radius 1 is 1.50 bits per heavy atom. The molecule has 0 unspecified atom stereocenters. The molecule has 12 heavy (non-hydrogen) atoms. The lowest BCUT2D eigenvalue weighted by Gasteiger charge is -2.11.